The third kappa shape index (κ3) is 5.82. The van der Waals surface area contributed by atoms with Crippen LogP contribution in [0.15, 0.2) is 48.5 Å². The molecule has 0 radical (unpaired) electrons. The summed E-state index contributed by atoms with van der Waals surface area (Å²) in [6, 6.07) is 15.4. The number of fused-ring (bicyclic) bond motifs is 3. The minimum absolute atomic E-state index is 0.0628. The van der Waals surface area contributed by atoms with Crippen LogP contribution in [0.25, 0.3) is 11.1 Å². The van der Waals surface area contributed by atoms with Gasteiger partial charge in [-0.05, 0) is 41.0 Å². The Morgan fingerprint density at radius 2 is 1.69 bits per heavy atom. The first-order valence-corrected chi connectivity index (χ1v) is 12.1. The monoisotopic (exact) mass is 480 g/mol. The highest BCUT2D eigenvalue weighted by Gasteiger charge is 2.32. The van der Waals surface area contributed by atoms with Crippen LogP contribution in [0.1, 0.15) is 43.7 Å². The Morgan fingerprint density at radius 1 is 1.06 bits per heavy atom. The predicted molar refractivity (Wildman–Crippen MR) is 130 cm³/mol. The molecule has 0 spiro atoms. The highest BCUT2D eigenvalue weighted by Crippen LogP contribution is 2.44. The molecule has 3 N–H and O–H groups in total. The van der Waals surface area contributed by atoms with Crippen molar-refractivity contribution < 1.29 is 29.0 Å². The Hall–Kier alpha value is -3.39. The van der Waals surface area contributed by atoms with Crippen molar-refractivity contribution in [3.8, 4) is 11.1 Å². The number of nitrogens with one attached hydrogen (secondary N) is 2. The van der Waals surface area contributed by atoms with E-state index in [0.717, 1.165) is 22.3 Å². The Kier molecular flexibility index (Phi) is 7.70. The Labute approximate surface area is 205 Å². The van der Waals surface area contributed by atoms with Crippen LogP contribution in [0, 0.1) is 11.8 Å². The van der Waals surface area contributed by atoms with Crippen LogP contribution in [0.5, 0.6) is 0 Å². The van der Waals surface area contributed by atoms with Gasteiger partial charge in [-0.3, -0.25) is 9.59 Å². The van der Waals surface area contributed by atoms with Crippen molar-refractivity contribution in [3.05, 3.63) is 59.7 Å². The van der Waals surface area contributed by atoms with E-state index in [1.54, 1.807) is 0 Å². The van der Waals surface area contributed by atoms with Gasteiger partial charge in [-0.25, -0.2) is 4.79 Å². The van der Waals surface area contributed by atoms with E-state index in [-0.39, 0.29) is 43.6 Å². The van der Waals surface area contributed by atoms with Crippen LogP contribution >= 0.6 is 0 Å². The standard InChI is InChI=1S/C27H32N2O6/c1-16(2)11-24(25(30)28-13-18-12-17(14-34-18)26(31)32)29-27(33)35-15-23-21-9-5-3-7-19(21)20-8-4-6-10-22(20)23/h3-10,16-18,23-24H,11-15H2,1-2H3,(H,28,30)(H,29,33)(H,31,32)/t17-,18-,24-/m0/s1. The van der Waals surface area contributed by atoms with E-state index in [9.17, 15) is 14.4 Å². The lowest BCUT2D eigenvalue weighted by Gasteiger charge is -2.22. The highest BCUT2D eigenvalue weighted by molar-refractivity contribution is 5.85. The zero-order valence-corrected chi connectivity index (χ0v) is 20.0. The predicted octanol–water partition coefficient (Wildman–Crippen LogP) is 3.55. The summed E-state index contributed by atoms with van der Waals surface area (Å²) in [6.45, 7) is 4.45. The molecule has 1 fully saturated rings. The number of carbonyl (C=O) groups excluding carboxylic acids is 2. The van der Waals surface area contributed by atoms with E-state index in [1.165, 1.54) is 0 Å². The lowest BCUT2D eigenvalue weighted by atomic mass is 9.98. The van der Waals surface area contributed by atoms with Gasteiger partial charge in [0, 0.05) is 12.5 Å². The number of carboxylic acid groups (broad SMARTS) is 1. The molecule has 3 atom stereocenters. The molecule has 2 aromatic carbocycles. The number of benzene rings is 2. The van der Waals surface area contributed by atoms with Crippen LogP contribution in [-0.4, -0.2) is 55.0 Å². The van der Waals surface area contributed by atoms with Gasteiger partial charge in [0.15, 0.2) is 0 Å². The van der Waals surface area contributed by atoms with E-state index in [1.807, 2.05) is 38.1 Å². The number of amides is 2. The molecular formula is C27H32N2O6. The van der Waals surface area contributed by atoms with Gasteiger partial charge in [-0.2, -0.15) is 0 Å². The van der Waals surface area contributed by atoms with Gasteiger partial charge in [0.1, 0.15) is 12.6 Å². The van der Waals surface area contributed by atoms with Gasteiger partial charge >= 0.3 is 12.1 Å². The van der Waals surface area contributed by atoms with Gasteiger partial charge < -0.3 is 25.2 Å². The zero-order valence-electron chi connectivity index (χ0n) is 20.0. The van der Waals surface area contributed by atoms with Crippen LogP contribution in [0.4, 0.5) is 4.79 Å². The number of hydrogen-bond acceptors (Lipinski definition) is 5. The van der Waals surface area contributed by atoms with Crippen LogP contribution in [0.2, 0.25) is 0 Å². The third-order valence-corrected chi connectivity index (χ3v) is 6.59. The van der Waals surface area contributed by atoms with E-state index in [0.29, 0.717) is 12.8 Å². The average Bonchev–Trinajstić information content (AvgIpc) is 3.44. The number of hydrogen-bond donors (Lipinski definition) is 3. The van der Waals surface area contributed by atoms with Gasteiger partial charge in [-0.15, -0.1) is 0 Å². The molecule has 186 valence electrons. The van der Waals surface area contributed by atoms with E-state index in [2.05, 4.69) is 34.9 Å². The smallest absolute Gasteiger partial charge is 0.407 e. The molecule has 1 aliphatic heterocycles. The molecule has 1 heterocycles. The second kappa shape index (κ2) is 10.9. The lowest BCUT2D eigenvalue weighted by molar-refractivity contribution is -0.141. The van der Waals surface area contributed by atoms with E-state index in [4.69, 9.17) is 14.6 Å². The van der Waals surface area contributed by atoms with Gasteiger partial charge in [0.05, 0.1) is 18.6 Å². The lowest BCUT2D eigenvalue weighted by Crippen LogP contribution is -2.49. The topological polar surface area (TPSA) is 114 Å². The van der Waals surface area contributed by atoms with Crippen molar-refractivity contribution in [3.63, 3.8) is 0 Å². The fourth-order valence-corrected chi connectivity index (χ4v) is 4.84. The summed E-state index contributed by atoms with van der Waals surface area (Å²) in [5, 5.41) is 14.6. The first kappa shape index (κ1) is 24.7. The summed E-state index contributed by atoms with van der Waals surface area (Å²) in [5.41, 5.74) is 4.53. The number of rotatable bonds is 9. The molecule has 0 aromatic heterocycles. The number of ether oxygens (including phenoxy) is 2. The minimum atomic E-state index is -0.895. The van der Waals surface area contributed by atoms with Crippen molar-refractivity contribution in [1.82, 2.24) is 10.6 Å². The first-order valence-electron chi connectivity index (χ1n) is 12.1. The Balaban J connectivity index is 1.33. The Bertz CT molecular complexity index is 1040. The van der Waals surface area contributed by atoms with Crippen molar-refractivity contribution in [1.29, 1.82) is 0 Å². The molecule has 1 saturated heterocycles. The SMILES string of the molecule is CC(C)C[C@H](NC(=O)OCC1c2ccccc2-c2ccccc21)C(=O)NC[C@@H]1C[C@H](C(=O)O)CO1. The molecule has 2 aromatic rings. The highest BCUT2D eigenvalue weighted by atomic mass is 16.5. The minimum Gasteiger partial charge on any atom is -0.481 e. The van der Waals surface area contributed by atoms with Crippen molar-refractivity contribution in [2.75, 3.05) is 19.8 Å². The fourth-order valence-electron chi connectivity index (χ4n) is 4.84. The summed E-state index contributed by atoms with van der Waals surface area (Å²) >= 11 is 0. The quantitative estimate of drug-likeness (QED) is 0.506. The molecule has 0 saturated carbocycles. The van der Waals surface area contributed by atoms with Crippen LogP contribution < -0.4 is 10.6 Å². The van der Waals surface area contributed by atoms with Gasteiger partial charge in [-0.1, -0.05) is 62.4 Å². The normalized spacial score (nSPS) is 19.6. The van der Waals surface area contributed by atoms with Crippen molar-refractivity contribution in [2.45, 2.75) is 44.8 Å². The maximum Gasteiger partial charge on any atom is 0.407 e. The maximum atomic E-state index is 12.8. The Morgan fingerprint density at radius 3 is 2.26 bits per heavy atom. The summed E-state index contributed by atoms with van der Waals surface area (Å²) < 4.78 is 11.1. The second-order valence-corrected chi connectivity index (χ2v) is 9.62. The molecule has 2 aliphatic rings. The molecular weight excluding hydrogens is 448 g/mol. The molecule has 4 rings (SSSR count). The molecule has 0 unspecified atom stereocenters. The molecule has 1 aliphatic carbocycles. The summed E-state index contributed by atoms with van der Waals surface area (Å²) in [6.07, 6.45) is -0.200. The maximum absolute atomic E-state index is 12.8. The molecule has 8 heteroatoms. The third-order valence-electron chi connectivity index (χ3n) is 6.59. The first-order chi connectivity index (χ1) is 16.8. The fraction of sp³-hybridized carbons (Fsp3) is 0.444. The van der Waals surface area contributed by atoms with Gasteiger partial charge in [0.25, 0.3) is 0 Å². The molecule has 35 heavy (non-hydrogen) atoms. The number of alkyl carbamates (subject to hydrolysis) is 1. The largest absolute Gasteiger partial charge is 0.481 e. The second-order valence-electron chi connectivity index (χ2n) is 9.62. The van der Waals surface area contributed by atoms with Crippen LogP contribution in [-0.2, 0) is 19.1 Å². The average molecular weight is 481 g/mol. The summed E-state index contributed by atoms with van der Waals surface area (Å²) in [7, 11) is 0. The van der Waals surface area contributed by atoms with Gasteiger partial charge in [0.2, 0.25) is 5.91 Å². The van der Waals surface area contributed by atoms with E-state index < -0.39 is 24.0 Å². The van der Waals surface area contributed by atoms with Crippen LogP contribution in [0.3, 0.4) is 0 Å². The number of carbonyl (C=O) groups is 3. The summed E-state index contributed by atoms with van der Waals surface area (Å²) in [4.78, 5) is 36.6. The zero-order chi connectivity index (χ0) is 24.9. The van der Waals surface area contributed by atoms with E-state index >= 15 is 0 Å². The number of aliphatic carboxylic acids is 1. The van der Waals surface area contributed by atoms with Crippen molar-refractivity contribution >= 4 is 18.0 Å². The summed E-state index contributed by atoms with van der Waals surface area (Å²) in [5.74, 6) is -1.68. The molecule has 0 bridgehead atoms. The van der Waals surface area contributed by atoms with Crippen molar-refractivity contribution in [2.24, 2.45) is 11.8 Å². The molecule has 2 amide bonds. The molecule has 8 nitrogen and oxygen atoms in total. The number of carboxylic acids is 1.